The number of hydrogen-bond donors (Lipinski definition) is 2. The molecule has 0 bridgehead atoms. The van der Waals surface area contributed by atoms with Crippen molar-refractivity contribution < 1.29 is 120 Å². The SMILES string of the molecule is O=C(OC[C@H]1O[C@H](OC(=O)c2ccccc2)[C@@H](OC(=O)c2ccccc2)[C@@H](OC(=O)c2ccccc2)[C@@H]1O[C@@H]1O[C@H](CO)[C@H](O)[C@H](O[C@@H]2O[C@H](COC(=O)c3ccccc3)[C@@H](OC(=O)c3ccccc3)[C@H](OC(=O)c3ccccc3)[C@H]2OC(=O)c2ccccc2)[C@H]1OC(=O)c1ccccc1)c1ccccc1. The van der Waals surface area contributed by atoms with Gasteiger partial charge in [0.2, 0.25) is 12.4 Å². The molecule has 9 aromatic rings. The van der Waals surface area contributed by atoms with Crippen molar-refractivity contribution in [2.75, 3.05) is 19.8 Å². The third-order valence-corrected chi connectivity index (χ3v) is 17.1. The highest BCUT2D eigenvalue weighted by Gasteiger charge is 2.60. The van der Waals surface area contributed by atoms with Gasteiger partial charge in [-0.15, -0.1) is 0 Å². The van der Waals surface area contributed by atoms with Gasteiger partial charge < -0.3 is 76.5 Å². The first-order valence-electron chi connectivity index (χ1n) is 33.5. The molecule has 0 aliphatic carbocycles. The van der Waals surface area contributed by atoms with Crippen LogP contribution in [0.3, 0.4) is 0 Å². The maximum absolute atomic E-state index is 15.0. The van der Waals surface area contributed by atoms with Gasteiger partial charge in [0.15, 0.2) is 43.1 Å². The molecule has 3 aliphatic heterocycles. The van der Waals surface area contributed by atoms with Crippen LogP contribution in [0.4, 0.5) is 0 Å². The second-order valence-electron chi connectivity index (χ2n) is 24.1. The molecule has 0 amide bonds. The Labute approximate surface area is 605 Å². The molecule has 9 aromatic carbocycles. The van der Waals surface area contributed by atoms with E-state index in [0.717, 1.165) is 0 Å². The summed E-state index contributed by atoms with van der Waals surface area (Å²) in [4.78, 5) is 131. The van der Waals surface area contributed by atoms with E-state index in [0.29, 0.717) is 0 Å². The summed E-state index contributed by atoms with van der Waals surface area (Å²) in [5.74, 6) is -9.52. The van der Waals surface area contributed by atoms with Gasteiger partial charge in [0, 0.05) is 0 Å². The Morgan fingerprint density at radius 2 is 0.462 bits per heavy atom. The fraction of sp³-hybridized carbons (Fsp3) is 0.222. The Morgan fingerprint density at radius 3 is 0.774 bits per heavy atom. The Morgan fingerprint density at radius 1 is 0.245 bits per heavy atom. The van der Waals surface area contributed by atoms with Crippen molar-refractivity contribution in [3.8, 4) is 0 Å². The predicted molar refractivity (Wildman–Crippen MR) is 368 cm³/mol. The molecule has 0 aromatic heterocycles. The first kappa shape index (κ1) is 73.7. The van der Waals surface area contributed by atoms with Crippen molar-refractivity contribution >= 4 is 53.7 Å². The maximum atomic E-state index is 15.0. The van der Waals surface area contributed by atoms with Crippen LogP contribution in [0.25, 0.3) is 0 Å². The van der Waals surface area contributed by atoms with E-state index in [9.17, 15) is 53.4 Å². The standard InChI is InChI=1S/C81H68O25/c82-46-58-61(83)64(105-80-68(102-76(90)55-40-22-7-23-41-55)65(99-73(87)52-34-16-4-17-35-52)62(98-72(86)51-32-14-3-15-33-51)59(96-80)47-93-70(84)49-28-10-1-11-29-49)67(101-75(89)54-38-20-6-21-39-54)79(95-58)104-63-60(48-94-71(85)50-30-12-2-13-31-50)97-81(106-78(92)57-44-26-9-27-45-57)69(103-77(91)56-42-24-8-25-43-56)66(63)100-74(88)53-36-18-5-19-37-53/h1-45,58-69,79-83H,46-48H2/t58-,59-,60-,61+,62-,63-,64+,65+,66+,67-,68-,69+,79+,80+,81-/m1/s1. The molecule has 3 fully saturated rings. The van der Waals surface area contributed by atoms with E-state index in [1.165, 1.54) is 170 Å². The van der Waals surface area contributed by atoms with Crippen molar-refractivity contribution in [1.29, 1.82) is 0 Å². The molecule has 3 aliphatic rings. The number of esters is 9. The molecule has 542 valence electrons. The molecular weight excluding hydrogens is 1370 g/mol. The number of hydrogen-bond acceptors (Lipinski definition) is 25. The van der Waals surface area contributed by atoms with Crippen molar-refractivity contribution in [3.63, 3.8) is 0 Å². The second kappa shape index (κ2) is 35.4. The zero-order chi connectivity index (χ0) is 73.9. The van der Waals surface area contributed by atoms with Crippen molar-refractivity contribution in [2.45, 2.75) is 92.1 Å². The van der Waals surface area contributed by atoms with Gasteiger partial charge in [-0.2, -0.15) is 0 Å². The fourth-order valence-corrected chi connectivity index (χ4v) is 11.8. The van der Waals surface area contributed by atoms with Gasteiger partial charge >= 0.3 is 53.7 Å². The van der Waals surface area contributed by atoms with Crippen LogP contribution in [0.5, 0.6) is 0 Å². The van der Waals surface area contributed by atoms with E-state index in [1.54, 1.807) is 103 Å². The van der Waals surface area contributed by atoms with Gasteiger partial charge in [-0.1, -0.05) is 164 Å². The number of carbonyl (C=O) groups is 9. The molecule has 3 saturated heterocycles. The lowest BCUT2D eigenvalue weighted by atomic mass is 9.95. The lowest BCUT2D eigenvalue weighted by molar-refractivity contribution is -0.376. The summed E-state index contributed by atoms with van der Waals surface area (Å²) in [5, 5.41) is 24.3. The minimum Gasteiger partial charge on any atom is -0.459 e. The summed E-state index contributed by atoms with van der Waals surface area (Å²) < 4.78 is 89.6. The van der Waals surface area contributed by atoms with E-state index in [2.05, 4.69) is 0 Å². The Hall–Kier alpha value is -12.1. The van der Waals surface area contributed by atoms with E-state index >= 15 is 0 Å². The lowest BCUT2D eigenvalue weighted by Gasteiger charge is -2.50. The van der Waals surface area contributed by atoms with Gasteiger partial charge in [-0.3, -0.25) is 0 Å². The van der Waals surface area contributed by atoms with Crippen LogP contribution >= 0.6 is 0 Å². The van der Waals surface area contributed by atoms with E-state index in [1.807, 2.05) is 0 Å². The average molecular weight is 1440 g/mol. The van der Waals surface area contributed by atoms with E-state index < -0.39 is 166 Å². The van der Waals surface area contributed by atoms with Crippen LogP contribution in [0, 0.1) is 0 Å². The van der Waals surface area contributed by atoms with Crippen LogP contribution in [0.15, 0.2) is 273 Å². The third-order valence-electron chi connectivity index (χ3n) is 17.1. The van der Waals surface area contributed by atoms with Crippen LogP contribution < -0.4 is 0 Å². The van der Waals surface area contributed by atoms with Gasteiger partial charge in [0.1, 0.15) is 49.8 Å². The molecule has 0 unspecified atom stereocenters. The second-order valence-corrected chi connectivity index (χ2v) is 24.1. The average Bonchev–Trinajstić information content (AvgIpc) is 0.755. The molecule has 3 heterocycles. The number of aliphatic hydroxyl groups is 2. The van der Waals surface area contributed by atoms with Crippen molar-refractivity contribution in [1.82, 2.24) is 0 Å². The predicted octanol–water partition coefficient (Wildman–Crippen LogP) is 9.21. The topological polar surface area (TPSA) is 323 Å². The Balaban J connectivity index is 1.01. The number of rotatable bonds is 25. The molecular formula is C81H68O25. The summed E-state index contributed by atoms with van der Waals surface area (Å²) in [6.07, 6.45) is -31.3. The molecule has 25 nitrogen and oxygen atoms in total. The number of ether oxygens (including phenoxy) is 14. The minimum absolute atomic E-state index is 0.0243. The number of carbonyl (C=O) groups excluding carboxylic acids is 9. The monoisotopic (exact) mass is 1440 g/mol. The smallest absolute Gasteiger partial charge is 0.340 e. The Kier molecular flexibility index (Phi) is 24.6. The summed E-state index contributed by atoms with van der Waals surface area (Å²) >= 11 is 0. The molecule has 0 spiro atoms. The quantitative estimate of drug-likeness (QED) is 0.0397. The number of benzene rings is 9. The van der Waals surface area contributed by atoms with Gasteiger partial charge in [0.25, 0.3) is 0 Å². The highest BCUT2D eigenvalue weighted by atomic mass is 16.8. The minimum atomic E-state index is -2.28. The van der Waals surface area contributed by atoms with Gasteiger partial charge in [-0.25, -0.2) is 43.2 Å². The van der Waals surface area contributed by atoms with Gasteiger partial charge in [0.05, 0.1) is 56.7 Å². The van der Waals surface area contributed by atoms with Crippen LogP contribution in [-0.2, 0) is 66.3 Å². The van der Waals surface area contributed by atoms with Crippen molar-refractivity contribution in [3.05, 3.63) is 323 Å². The Bertz CT molecular complexity index is 4430. The fourth-order valence-electron chi connectivity index (χ4n) is 11.8. The molecule has 15 atom stereocenters. The lowest BCUT2D eigenvalue weighted by Crippen LogP contribution is -2.68. The van der Waals surface area contributed by atoms with E-state index in [4.69, 9.17) is 66.3 Å². The summed E-state index contributed by atoms with van der Waals surface area (Å²) in [5.41, 5.74) is -0.381. The largest absolute Gasteiger partial charge is 0.459 e. The van der Waals surface area contributed by atoms with Crippen LogP contribution in [0.1, 0.15) is 93.2 Å². The van der Waals surface area contributed by atoms with Gasteiger partial charge in [-0.05, 0) is 109 Å². The summed E-state index contributed by atoms with van der Waals surface area (Å²) in [7, 11) is 0. The van der Waals surface area contributed by atoms with E-state index in [-0.39, 0.29) is 50.1 Å². The normalized spacial score (nSPS) is 23.9. The third kappa shape index (κ3) is 18.3. The molecule has 0 saturated carbocycles. The molecule has 12 rings (SSSR count). The highest BCUT2D eigenvalue weighted by molar-refractivity contribution is 5.94. The maximum Gasteiger partial charge on any atom is 0.340 e. The number of aliphatic hydroxyl groups excluding tert-OH is 2. The zero-order valence-corrected chi connectivity index (χ0v) is 56.0. The van der Waals surface area contributed by atoms with Crippen molar-refractivity contribution in [2.24, 2.45) is 0 Å². The molecule has 106 heavy (non-hydrogen) atoms. The first-order valence-corrected chi connectivity index (χ1v) is 33.5. The van der Waals surface area contributed by atoms with Crippen LogP contribution in [0.2, 0.25) is 0 Å². The molecule has 2 N–H and O–H groups in total. The first-order chi connectivity index (χ1) is 51.7. The summed E-state index contributed by atoms with van der Waals surface area (Å²) in [6, 6.07) is 67.7. The molecule has 25 heteroatoms. The summed E-state index contributed by atoms with van der Waals surface area (Å²) in [6.45, 7) is -2.86. The highest BCUT2D eigenvalue weighted by Crippen LogP contribution is 2.39. The molecule has 0 radical (unpaired) electrons. The zero-order valence-electron chi connectivity index (χ0n) is 56.0. The van der Waals surface area contributed by atoms with Crippen LogP contribution in [-0.4, -0.2) is 176 Å².